The molecule has 2 saturated heterocycles. The Balaban J connectivity index is 1.90. The Hall–Kier alpha value is -0.650. The predicted octanol–water partition coefficient (Wildman–Crippen LogP) is 0.296. The molecule has 2 N–H and O–H groups in total. The van der Waals surface area contributed by atoms with E-state index in [1.54, 1.807) is 0 Å². The Morgan fingerprint density at radius 2 is 2.22 bits per heavy atom. The highest BCUT2D eigenvalue weighted by molar-refractivity contribution is 5.80. The Labute approximate surface area is 109 Å². The average molecular weight is 256 g/mol. The van der Waals surface area contributed by atoms with Crippen LogP contribution in [-0.2, 0) is 14.3 Å². The van der Waals surface area contributed by atoms with Crippen LogP contribution in [0.15, 0.2) is 0 Å². The van der Waals surface area contributed by atoms with Crippen molar-refractivity contribution >= 4 is 5.91 Å². The van der Waals surface area contributed by atoms with Gasteiger partial charge in [0.15, 0.2) is 0 Å². The van der Waals surface area contributed by atoms with E-state index in [-0.39, 0.29) is 23.4 Å². The average Bonchev–Trinajstić information content (AvgIpc) is 2.78. The molecule has 0 saturated carbocycles. The lowest BCUT2D eigenvalue weighted by molar-refractivity contribution is -0.129. The molecule has 0 aromatic carbocycles. The molecule has 2 fully saturated rings. The lowest BCUT2D eigenvalue weighted by Gasteiger charge is -2.35. The highest BCUT2D eigenvalue weighted by Crippen LogP contribution is 2.21. The number of rotatable bonds is 4. The molecule has 1 amide bonds. The standard InChI is InChI=1S/C13H24N2O3/c1-3-14-11-8-18-7-10(11)12(16)15-13(2)5-4-6-17-9-13/h10-11,14H,3-9H2,1-2H3,(H,15,16). The van der Waals surface area contributed by atoms with E-state index >= 15 is 0 Å². The van der Waals surface area contributed by atoms with Crippen molar-refractivity contribution in [1.82, 2.24) is 10.6 Å². The minimum absolute atomic E-state index is 0.0799. The Morgan fingerprint density at radius 3 is 2.89 bits per heavy atom. The van der Waals surface area contributed by atoms with Crippen molar-refractivity contribution in [2.45, 2.75) is 38.3 Å². The molecule has 0 spiro atoms. The van der Waals surface area contributed by atoms with Crippen LogP contribution in [0.3, 0.4) is 0 Å². The molecule has 0 bridgehead atoms. The second kappa shape index (κ2) is 5.99. The molecule has 0 aromatic heterocycles. The van der Waals surface area contributed by atoms with Crippen LogP contribution in [0.2, 0.25) is 0 Å². The molecule has 2 aliphatic heterocycles. The molecule has 0 aliphatic carbocycles. The van der Waals surface area contributed by atoms with E-state index in [1.165, 1.54) is 0 Å². The summed E-state index contributed by atoms with van der Waals surface area (Å²) in [5.74, 6) is 0.00940. The van der Waals surface area contributed by atoms with Gasteiger partial charge in [0.25, 0.3) is 0 Å². The fourth-order valence-electron chi connectivity index (χ4n) is 2.70. The number of carbonyl (C=O) groups excluding carboxylic acids is 1. The molecular formula is C13H24N2O3. The fourth-order valence-corrected chi connectivity index (χ4v) is 2.70. The van der Waals surface area contributed by atoms with Crippen LogP contribution in [0.5, 0.6) is 0 Å². The largest absolute Gasteiger partial charge is 0.379 e. The first-order valence-corrected chi connectivity index (χ1v) is 6.85. The van der Waals surface area contributed by atoms with E-state index in [0.29, 0.717) is 19.8 Å². The van der Waals surface area contributed by atoms with E-state index in [0.717, 1.165) is 26.0 Å². The van der Waals surface area contributed by atoms with E-state index in [9.17, 15) is 4.79 Å². The summed E-state index contributed by atoms with van der Waals surface area (Å²) in [5, 5.41) is 6.45. The third kappa shape index (κ3) is 3.22. The monoisotopic (exact) mass is 256 g/mol. The molecular weight excluding hydrogens is 232 g/mol. The summed E-state index contributed by atoms with van der Waals surface area (Å²) in [5.41, 5.74) is -0.214. The van der Waals surface area contributed by atoms with Crippen LogP contribution < -0.4 is 10.6 Å². The number of hydrogen-bond donors (Lipinski definition) is 2. The zero-order valence-electron chi connectivity index (χ0n) is 11.3. The van der Waals surface area contributed by atoms with E-state index in [4.69, 9.17) is 9.47 Å². The summed E-state index contributed by atoms with van der Waals surface area (Å²) in [6, 6.07) is 0.142. The summed E-state index contributed by atoms with van der Waals surface area (Å²) in [4.78, 5) is 12.3. The van der Waals surface area contributed by atoms with Crippen molar-refractivity contribution in [3.8, 4) is 0 Å². The lowest BCUT2D eigenvalue weighted by atomic mass is 9.93. The van der Waals surface area contributed by atoms with Gasteiger partial charge in [-0.05, 0) is 26.3 Å². The maximum Gasteiger partial charge on any atom is 0.227 e. The zero-order chi connectivity index (χ0) is 13.0. The van der Waals surface area contributed by atoms with Crippen LogP contribution in [0.1, 0.15) is 26.7 Å². The minimum Gasteiger partial charge on any atom is -0.379 e. The summed E-state index contributed by atoms with van der Waals surface area (Å²) in [7, 11) is 0. The fraction of sp³-hybridized carbons (Fsp3) is 0.923. The first-order chi connectivity index (χ1) is 8.64. The quantitative estimate of drug-likeness (QED) is 0.759. The summed E-state index contributed by atoms with van der Waals surface area (Å²) in [6.07, 6.45) is 1.99. The number of nitrogens with one attached hydrogen (secondary N) is 2. The SMILES string of the molecule is CCNC1COCC1C(=O)NC1(C)CCCOC1. The summed E-state index contributed by atoms with van der Waals surface area (Å²) in [6.45, 7) is 7.51. The number of ether oxygens (including phenoxy) is 2. The van der Waals surface area contributed by atoms with Crippen LogP contribution in [0.25, 0.3) is 0 Å². The number of likely N-dealkylation sites (N-methyl/N-ethyl adjacent to an activating group) is 1. The van der Waals surface area contributed by atoms with Crippen molar-refractivity contribution in [3.05, 3.63) is 0 Å². The van der Waals surface area contributed by atoms with Gasteiger partial charge >= 0.3 is 0 Å². The zero-order valence-corrected chi connectivity index (χ0v) is 11.3. The Bertz CT molecular complexity index is 290. The second-order valence-corrected chi connectivity index (χ2v) is 5.51. The normalized spacial score (nSPS) is 36.6. The second-order valence-electron chi connectivity index (χ2n) is 5.51. The first kappa shape index (κ1) is 13.8. The predicted molar refractivity (Wildman–Crippen MR) is 68.4 cm³/mol. The van der Waals surface area contributed by atoms with E-state index in [1.807, 2.05) is 6.92 Å². The maximum atomic E-state index is 12.3. The number of amides is 1. The van der Waals surface area contributed by atoms with Gasteiger partial charge in [-0.15, -0.1) is 0 Å². The highest BCUT2D eigenvalue weighted by atomic mass is 16.5. The molecule has 2 heterocycles. The number of hydrogen-bond acceptors (Lipinski definition) is 4. The number of carbonyl (C=O) groups is 1. The lowest BCUT2D eigenvalue weighted by Crippen LogP contribution is -2.55. The summed E-state index contributed by atoms with van der Waals surface area (Å²) < 4.78 is 10.9. The molecule has 104 valence electrons. The maximum absolute atomic E-state index is 12.3. The summed E-state index contributed by atoms with van der Waals surface area (Å²) >= 11 is 0. The van der Waals surface area contributed by atoms with E-state index in [2.05, 4.69) is 17.6 Å². The highest BCUT2D eigenvalue weighted by Gasteiger charge is 2.37. The molecule has 5 heteroatoms. The van der Waals surface area contributed by atoms with Crippen molar-refractivity contribution < 1.29 is 14.3 Å². The van der Waals surface area contributed by atoms with Crippen LogP contribution >= 0.6 is 0 Å². The molecule has 0 aromatic rings. The van der Waals surface area contributed by atoms with Gasteiger partial charge < -0.3 is 20.1 Å². The Kier molecular flexibility index (Phi) is 4.59. The third-order valence-electron chi connectivity index (χ3n) is 3.75. The van der Waals surface area contributed by atoms with Crippen molar-refractivity contribution in [3.63, 3.8) is 0 Å². The van der Waals surface area contributed by atoms with E-state index < -0.39 is 0 Å². The minimum atomic E-state index is -0.214. The first-order valence-electron chi connectivity index (χ1n) is 6.85. The van der Waals surface area contributed by atoms with Crippen LogP contribution in [0, 0.1) is 5.92 Å². The Morgan fingerprint density at radius 1 is 1.39 bits per heavy atom. The van der Waals surface area contributed by atoms with Gasteiger partial charge in [0.05, 0.1) is 31.3 Å². The van der Waals surface area contributed by atoms with Crippen molar-refractivity contribution in [2.75, 3.05) is 33.0 Å². The smallest absolute Gasteiger partial charge is 0.227 e. The molecule has 18 heavy (non-hydrogen) atoms. The van der Waals surface area contributed by atoms with Gasteiger partial charge in [0, 0.05) is 12.6 Å². The molecule has 2 aliphatic rings. The molecule has 3 unspecified atom stereocenters. The molecule has 5 nitrogen and oxygen atoms in total. The molecule has 0 radical (unpaired) electrons. The van der Waals surface area contributed by atoms with Crippen LogP contribution in [-0.4, -0.2) is 50.5 Å². The van der Waals surface area contributed by atoms with Crippen molar-refractivity contribution in [1.29, 1.82) is 0 Å². The van der Waals surface area contributed by atoms with Gasteiger partial charge in [0.1, 0.15) is 0 Å². The topological polar surface area (TPSA) is 59.6 Å². The third-order valence-corrected chi connectivity index (χ3v) is 3.75. The van der Waals surface area contributed by atoms with Gasteiger partial charge in [-0.25, -0.2) is 0 Å². The molecule has 2 rings (SSSR count). The van der Waals surface area contributed by atoms with Gasteiger partial charge in [-0.1, -0.05) is 6.92 Å². The van der Waals surface area contributed by atoms with Crippen molar-refractivity contribution in [2.24, 2.45) is 5.92 Å². The van der Waals surface area contributed by atoms with Crippen LogP contribution in [0.4, 0.5) is 0 Å². The van der Waals surface area contributed by atoms with Gasteiger partial charge in [-0.2, -0.15) is 0 Å². The molecule has 3 atom stereocenters. The van der Waals surface area contributed by atoms with Gasteiger partial charge in [0.2, 0.25) is 5.91 Å². The van der Waals surface area contributed by atoms with Gasteiger partial charge in [-0.3, -0.25) is 4.79 Å².